The smallest absolute Gasteiger partial charge is 0.408 e. The fraction of sp³-hybridized carbons (Fsp3) is 0.585. The molecule has 0 saturated carbocycles. The first kappa shape index (κ1) is 48.0. The van der Waals surface area contributed by atoms with E-state index in [1.807, 2.05) is 6.92 Å². The Balaban J connectivity index is 1.64. The zero-order valence-electron chi connectivity index (χ0n) is 36.0. The standard InChI is InChI=1S/C41H60N6O11S/c1-13-25(24-14-15-26-27(18-24)57-19-56-26)33(48)47-38-28(39(53)55-12)23(8)32(59-38)37(52)43-17-16-42-34(49)29(20(2)3)44-35(50)30(21(4)5)45-36(51)31(22(6)7)46-40(54)58-41(9,10)11/h14-15,18,20-22,25,29-31H,13,16-17,19H2,1-12H3,(H,42,49)(H,43,52)(H,44,50)(H,45,51)(H,46,54)(H,47,48)/t25?,29-,30-,31-/m0/s1. The van der Waals surface area contributed by atoms with Crippen molar-refractivity contribution in [1.82, 2.24) is 26.6 Å². The van der Waals surface area contributed by atoms with Crippen LogP contribution in [-0.4, -0.2) is 92.3 Å². The molecule has 4 atom stereocenters. The monoisotopic (exact) mass is 844 g/mol. The Labute approximate surface area is 349 Å². The molecule has 17 nitrogen and oxygen atoms in total. The average molecular weight is 845 g/mol. The van der Waals surface area contributed by atoms with Crippen LogP contribution in [0.15, 0.2) is 18.2 Å². The van der Waals surface area contributed by atoms with Gasteiger partial charge in [0.2, 0.25) is 30.4 Å². The number of benzene rings is 1. The van der Waals surface area contributed by atoms with Gasteiger partial charge in [0, 0.05) is 13.1 Å². The Kier molecular flexibility index (Phi) is 17.1. The fourth-order valence-electron chi connectivity index (χ4n) is 6.14. The Hall–Kier alpha value is -5.39. The van der Waals surface area contributed by atoms with Crippen LogP contribution in [0.2, 0.25) is 0 Å². The van der Waals surface area contributed by atoms with Gasteiger partial charge in [-0.15, -0.1) is 11.3 Å². The lowest BCUT2D eigenvalue weighted by Crippen LogP contribution is -2.60. The van der Waals surface area contributed by atoms with Crippen LogP contribution in [0.5, 0.6) is 11.5 Å². The van der Waals surface area contributed by atoms with Crippen LogP contribution in [0.4, 0.5) is 9.80 Å². The van der Waals surface area contributed by atoms with E-state index in [0.717, 1.165) is 11.3 Å². The molecule has 1 aliphatic heterocycles. The quantitative estimate of drug-likeness (QED) is 0.0912. The number of nitrogens with one attached hydrogen (secondary N) is 6. The van der Waals surface area contributed by atoms with E-state index in [2.05, 4.69) is 31.9 Å². The van der Waals surface area contributed by atoms with Gasteiger partial charge in [-0.2, -0.15) is 0 Å². The molecule has 0 fully saturated rings. The van der Waals surface area contributed by atoms with Crippen LogP contribution in [-0.2, 0) is 28.7 Å². The SMILES string of the molecule is CCC(C(=O)Nc1sc(C(=O)NCCNC(=O)[C@@H](NC(=O)[C@@H](NC(=O)[C@@H](NC(=O)OC(C)(C)C)C(C)C)C(C)C)C(C)C)c(C)c1C(=O)OC)c1ccc2c(c1)OCO2. The molecule has 6 N–H and O–H groups in total. The molecule has 2 heterocycles. The van der Waals surface area contributed by atoms with Crippen molar-refractivity contribution in [2.45, 2.75) is 112 Å². The number of fused-ring (bicyclic) bond motifs is 1. The highest BCUT2D eigenvalue weighted by Gasteiger charge is 2.34. The molecule has 0 spiro atoms. The minimum atomic E-state index is -1.03. The normalized spacial score (nSPS) is 14.2. The molecule has 1 aliphatic rings. The van der Waals surface area contributed by atoms with E-state index in [-0.39, 0.29) is 53.1 Å². The third-order valence-corrected chi connectivity index (χ3v) is 10.5. The molecule has 2 aromatic rings. The minimum absolute atomic E-state index is 0.00794. The van der Waals surface area contributed by atoms with Crippen molar-refractivity contribution in [2.24, 2.45) is 17.8 Å². The summed E-state index contributed by atoms with van der Waals surface area (Å²) in [6.45, 7) is 19.1. The van der Waals surface area contributed by atoms with Crippen molar-refractivity contribution in [1.29, 1.82) is 0 Å². The summed E-state index contributed by atoms with van der Waals surface area (Å²) in [4.78, 5) is 92.6. The van der Waals surface area contributed by atoms with Gasteiger partial charge in [-0.1, -0.05) is 54.5 Å². The molecule has 1 unspecified atom stereocenters. The molecule has 326 valence electrons. The molecular weight excluding hydrogens is 785 g/mol. The lowest BCUT2D eigenvalue weighted by Gasteiger charge is -2.29. The topological polar surface area (TPSA) is 229 Å². The summed E-state index contributed by atoms with van der Waals surface area (Å²) in [7, 11) is 1.20. The molecule has 59 heavy (non-hydrogen) atoms. The predicted octanol–water partition coefficient (Wildman–Crippen LogP) is 4.38. The summed E-state index contributed by atoms with van der Waals surface area (Å²) in [6, 6.07) is 2.23. The van der Waals surface area contributed by atoms with Gasteiger partial charge in [0.25, 0.3) is 5.91 Å². The summed E-state index contributed by atoms with van der Waals surface area (Å²) in [6.07, 6.45) is -0.332. The van der Waals surface area contributed by atoms with Crippen LogP contribution >= 0.6 is 11.3 Å². The van der Waals surface area contributed by atoms with Crippen LogP contribution in [0.3, 0.4) is 0 Å². The van der Waals surface area contributed by atoms with Crippen LogP contribution < -0.4 is 41.4 Å². The number of hydrogen-bond acceptors (Lipinski definition) is 12. The zero-order chi connectivity index (χ0) is 44.4. The van der Waals surface area contributed by atoms with Gasteiger partial charge >= 0.3 is 12.1 Å². The number of hydrogen-bond donors (Lipinski definition) is 6. The average Bonchev–Trinajstić information content (AvgIpc) is 3.75. The van der Waals surface area contributed by atoms with E-state index in [0.29, 0.717) is 29.0 Å². The predicted molar refractivity (Wildman–Crippen MR) is 221 cm³/mol. The third-order valence-electron chi connectivity index (χ3n) is 9.33. The van der Waals surface area contributed by atoms with Crippen molar-refractivity contribution in [3.05, 3.63) is 39.8 Å². The van der Waals surface area contributed by atoms with Crippen LogP contribution in [0, 0.1) is 24.7 Å². The Bertz CT molecular complexity index is 1870. The number of alkyl carbamates (subject to hydrolysis) is 1. The molecule has 1 aromatic heterocycles. The fourth-order valence-corrected chi connectivity index (χ4v) is 7.26. The van der Waals surface area contributed by atoms with E-state index >= 15 is 0 Å². The van der Waals surface area contributed by atoms with E-state index in [1.165, 1.54) is 7.11 Å². The molecule has 0 radical (unpaired) electrons. The summed E-state index contributed by atoms with van der Waals surface area (Å²) in [5.74, 6) is -3.90. The molecule has 1 aromatic carbocycles. The van der Waals surface area contributed by atoms with Gasteiger partial charge in [0.1, 0.15) is 28.7 Å². The first-order valence-corrected chi connectivity index (χ1v) is 20.5. The first-order chi connectivity index (χ1) is 27.6. The highest BCUT2D eigenvalue weighted by Crippen LogP contribution is 2.38. The number of carbonyl (C=O) groups is 7. The molecule has 0 aliphatic carbocycles. The van der Waals surface area contributed by atoms with E-state index in [4.69, 9.17) is 18.9 Å². The van der Waals surface area contributed by atoms with Gasteiger partial charge in [-0.05, 0) is 75.1 Å². The van der Waals surface area contributed by atoms with E-state index < -0.39 is 71.2 Å². The summed E-state index contributed by atoms with van der Waals surface area (Å²) >= 11 is 0.925. The van der Waals surface area contributed by atoms with Crippen molar-refractivity contribution >= 4 is 57.9 Å². The second-order valence-corrected chi connectivity index (χ2v) is 17.2. The molecule has 0 saturated heterocycles. The lowest BCUT2D eigenvalue weighted by molar-refractivity contribution is -0.134. The van der Waals surface area contributed by atoms with Gasteiger partial charge in [-0.3, -0.25) is 24.0 Å². The number of amides is 6. The number of esters is 1. The molecule has 6 amide bonds. The number of anilines is 1. The maximum absolute atomic E-state index is 13.6. The Morgan fingerprint density at radius 2 is 1.31 bits per heavy atom. The number of carbonyl (C=O) groups excluding carboxylic acids is 7. The van der Waals surface area contributed by atoms with Gasteiger partial charge in [0.15, 0.2) is 11.5 Å². The van der Waals surface area contributed by atoms with Crippen molar-refractivity contribution < 1.29 is 52.5 Å². The zero-order valence-corrected chi connectivity index (χ0v) is 36.8. The second-order valence-electron chi connectivity index (χ2n) is 16.2. The van der Waals surface area contributed by atoms with E-state index in [1.54, 1.807) is 87.4 Å². The number of thiophene rings is 1. The van der Waals surface area contributed by atoms with Gasteiger partial charge in [0.05, 0.1) is 23.5 Å². The second kappa shape index (κ2) is 21.0. The third kappa shape index (κ3) is 13.1. The van der Waals surface area contributed by atoms with E-state index in [9.17, 15) is 33.6 Å². The summed E-state index contributed by atoms with van der Waals surface area (Å²) < 4.78 is 21.1. The van der Waals surface area contributed by atoms with Crippen LogP contribution in [0.25, 0.3) is 0 Å². The van der Waals surface area contributed by atoms with Crippen molar-refractivity contribution in [3.63, 3.8) is 0 Å². The Morgan fingerprint density at radius 3 is 1.85 bits per heavy atom. The molecule has 0 bridgehead atoms. The summed E-state index contributed by atoms with van der Waals surface area (Å²) in [5, 5.41) is 16.5. The Morgan fingerprint density at radius 1 is 0.763 bits per heavy atom. The minimum Gasteiger partial charge on any atom is -0.465 e. The summed E-state index contributed by atoms with van der Waals surface area (Å²) in [5.41, 5.74) is 0.275. The molecule has 3 rings (SSSR count). The van der Waals surface area contributed by atoms with Crippen molar-refractivity contribution in [3.8, 4) is 11.5 Å². The highest BCUT2D eigenvalue weighted by atomic mass is 32.1. The lowest BCUT2D eigenvalue weighted by atomic mass is 9.95. The highest BCUT2D eigenvalue weighted by molar-refractivity contribution is 7.18. The number of rotatable bonds is 18. The number of methoxy groups -OCH3 is 1. The molecular formula is C41H60N6O11S. The van der Waals surface area contributed by atoms with Crippen molar-refractivity contribution in [2.75, 3.05) is 32.3 Å². The van der Waals surface area contributed by atoms with Crippen LogP contribution in [0.1, 0.15) is 113 Å². The first-order valence-electron chi connectivity index (χ1n) is 19.7. The van der Waals surface area contributed by atoms with Gasteiger partial charge < -0.3 is 50.8 Å². The molecule has 18 heteroatoms. The van der Waals surface area contributed by atoms with Gasteiger partial charge in [-0.25, -0.2) is 9.59 Å². The maximum atomic E-state index is 13.6. The number of ether oxygens (including phenoxy) is 4. The largest absolute Gasteiger partial charge is 0.465 e. The maximum Gasteiger partial charge on any atom is 0.408 e.